The Labute approximate surface area is 153 Å². The van der Waals surface area contributed by atoms with Crippen molar-refractivity contribution in [3.63, 3.8) is 0 Å². The average Bonchev–Trinajstić information content (AvgIpc) is 2.84. The summed E-state index contributed by atoms with van der Waals surface area (Å²) in [5.41, 5.74) is 1.46. The van der Waals surface area contributed by atoms with Crippen LogP contribution in [0.1, 0.15) is 54.6 Å². The first-order valence-corrected chi connectivity index (χ1v) is 10.1. The first-order chi connectivity index (χ1) is 12.1. The summed E-state index contributed by atoms with van der Waals surface area (Å²) in [5.74, 6) is 0.419. The van der Waals surface area contributed by atoms with E-state index in [1.54, 1.807) is 0 Å². The van der Waals surface area contributed by atoms with Gasteiger partial charge in [-0.2, -0.15) is 4.37 Å². The SMILES string of the molecule is CNc1snc(C)c1C(=O)N1CCC(C(=O)N2CCCCCC2)CC1. The number of anilines is 1. The van der Waals surface area contributed by atoms with Crippen LogP contribution in [0.5, 0.6) is 0 Å². The average molecular weight is 365 g/mol. The monoisotopic (exact) mass is 364 g/mol. The maximum absolute atomic E-state index is 12.8. The molecule has 7 heteroatoms. The Hall–Kier alpha value is -1.63. The van der Waals surface area contributed by atoms with Gasteiger partial charge < -0.3 is 15.1 Å². The third-order valence-electron chi connectivity index (χ3n) is 5.35. The van der Waals surface area contributed by atoms with Crippen LogP contribution in [0.3, 0.4) is 0 Å². The molecule has 3 heterocycles. The molecule has 0 atom stereocenters. The van der Waals surface area contributed by atoms with Crippen LogP contribution < -0.4 is 5.32 Å². The van der Waals surface area contributed by atoms with E-state index in [1.807, 2.05) is 18.9 Å². The minimum absolute atomic E-state index is 0.0382. The van der Waals surface area contributed by atoms with Gasteiger partial charge in [-0.25, -0.2) is 0 Å². The first-order valence-electron chi connectivity index (χ1n) is 9.34. The van der Waals surface area contributed by atoms with Gasteiger partial charge in [-0.15, -0.1) is 0 Å². The molecule has 1 N–H and O–H groups in total. The topological polar surface area (TPSA) is 65.5 Å². The van der Waals surface area contributed by atoms with E-state index in [4.69, 9.17) is 0 Å². The highest BCUT2D eigenvalue weighted by Gasteiger charge is 2.32. The van der Waals surface area contributed by atoms with Crippen LogP contribution in [-0.2, 0) is 4.79 Å². The van der Waals surface area contributed by atoms with Gasteiger partial charge in [0.25, 0.3) is 5.91 Å². The number of carbonyl (C=O) groups excluding carboxylic acids is 2. The third-order valence-corrected chi connectivity index (χ3v) is 6.31. The molecule has 0 saturated carbocycles. The summed E-state index contributed by atoms with van der Waals surface area (Å²) in [7, 11) is 1.82. The van der Waals surface area contributed by atoms with Crippen molar-refractivity contribution in [3.05, 3.63) is 11.3 Å². The molecule has 138 valence electrons. The molecule has 0 aliphatic carbocycles. The van der Waals surface area contributed by atoms with E-state index in [2.05, 4.69) is 14.6 Å². The van der Waals surface area contributed by atoms with Gasteiger partial charge in [-0.05, 0) is 44.1 Å². The summed E-state index contributed by atoms with van der Waals surface area (Å²) in [4.78, 5) is 29.5. The molecule has 2 saturated heterocycles. The van der Waals surface area contributed by atoms with Gasteiger partial charge in [0, 0.05) is 39.1 Å². The van der Waals surface area contributed by atoms with E-state index in [-0.39, 0.29) is 11.8 Å². The maximum atomic E-state index is 12.8. The standard InChI is InChI=1S/C18H28N4O2S/c1-13-15(16(19-2)25-20-13)18(24)22-11-7-14(8-12-22)17(23)21-9-5-3-4-6-10-21/h14,19H,3-12H2,1-2H3. The van der Waals surface area contributed by atoms with Gasteiger partial charge in [0.1, 0.15) is 5.00 Å². The Balaban J connectivity index is 1.58. The Morgan fingerprint density at radius 1 is 1.04 bits per heavy atom. The van der Waals surface area contributed by atoms with Gasteiger partial charge in [0.15, 0.2) is 0 Å². The van der Waals surface area contributed by atoms with Crippen molar-refractivity contribution in [2.24, 2.45) is 5.92 Å². The molecule has 1 aromatic heterocycles. The van der Waals surface area contributed by atoms with E-state index >= 15 is 0 Å². The molecular formula is C18H28N4O2S. The molecule has 0 aromatic carbocycles. The van der Waals surface area contributed by atoms with Gasteiger partial charge in [-0.1, -0.05) is 12.8 Å². The zero-order chi connectivity index (χ0) is 17.8. The second-order valence-electron chi connectivity index (χ2n) is 7.03. The number of nitrogens with one attached hydrogen (secondary N) is 1. The molecule has 3 rings (SSSR count). The Bertz CT molecular complexity index is 615. The highest BCUT2D eigenvalue weighted by molar-refractivity contribution is 7.10. The number of carbonyl (C=O) groups is 2. The van der Waals surface area contributed by atoms with Crippen LogP contribution >= 0.6 is 11.5 Å². The van der Waals surface area contributed by atoms with Crippen LogP contribution in [-0.4, -0.2) is 59.2 Å². The number of hydrogen-bond acceptors (Lipinski definition) is 5. The van der Waals surface area contributed by atoms with Gasteiger partial charge in [-0.3, -0.25) is 9.59 Å². The molecule has 0 bridgehead atoms. The number of aromatic nitrogens is 1. The van der Waals surface area contributed by atoms with Crippen molar-refractivity contribution in [2.75, 3.05) is 38.5 Å². The summed E-state index contributed by atoms with van der Waals surface area (Å²) in [6.07, 6.45) is 6.26. The molecule has 2 amide bonds. The number of piperidine rings is 1. The second-order valence-corrected chi connectivity index (χ2v) is 7.80. The van der Waals surface area contributed by atoms with E-state index < -0.39 is 0 Å². The van der Waals surface area contributed by atoms with Crippen LogP contribution in [0, 0.1) is 12.8 Å². The maximum Gasteiger partial charge on any atom is 0.258 e. The summed E-state index contributed by atoms with van der Waals surface area (Å²) in [6.45, 7) is 5.00. The van der Waals surface area contributed by atoms with Crippen molar-refractivity contribution in [3.8, 4) is 0 Å². The fourth-order valence-electron chi connectivity index (χ4n) is 3.83. The highest BCUT2D eigenvalue weighted by Crippen LogP contribution is 2.28. The van der Waals surface area contributed by atoms with Crippen molar-refractivity contribution < 1.29 is 9.59 Å². The smallest absolute Gasteiger partial charge is 0.258 e. The molecule has 2 fully saturated rings. The number of aryl methyl sites for hydroxylation is 1. The van der Waals surface area contributed by atoms with Gasteiger partial charge in [0.05, 0.1) is 11.3 Å². The normalized spacial score (nSPS) is 19.6. The molecule has 0 radical (unpaired) electrons. The van der Waals surface area contributed by atoms with Crippen molar-refractivity contribution >= 4 is 28.3 Å². The molecule has 2 aliphatic heterocycles. The molecule has 0 unspecified atom stereocenters. The quantitative estimate of drug-likeness (QED) is 0.896. The van der Waals surface area contributed by atoms with Crippen molar-refractivity contribution in [2.45, 2.75) is 45.4 Å². The fraction of sp³-hybridized carbons (Fsp3) is 0.722. The predicted molar refractivity (Wildman–Crippen MR) is 100 cm³/mol. The molecular weight excluding hydrogens is 336 g/mol. The predicted octanol–water partition coefficient (Wildman–Crippen LogP) is 2.75. The Morgan fingerprint density at radius 3 is 2.28 bits per heavy atom. The third kappa shape index (κ3) is 3.97. The van der Waals surface area contributed by atoms with Gasteiger partial charge in [0.2, 0.25) is 5.91 Å². The number of hydrogen-bond donors (Lipinski definition) is 1. The Kier molecular flexibility index (Phi) is 5.93. The number of nitrogens with zero attached hydrogens (tertiary/aromatic N) is 3. The van der Waals surface area contributed by atoms with E-state index in [0.29, 0.717) is 24.6 Å². The zero-order valence-corrected chi connectivity index (χ0v) is 16.0. The minimum atomic E-state index is 0.0382. The van der Waals surface area contributed by atoms with Crippen LogP contribution in [0.15, 0.2) is 0 Å². The van der Waals surface area contributed by atoms with Crippen molar-refractivity contribution in [1.29, 1.82) is 0 Å². The fourth-order valence-corrected chi connectivity index (χ4v) is 4.57. The summed E-state index contributed by atoms with van der Waals surface area (Å²) in [5, 5.41) is 3.88. The molecule has 2 aliphatic rings. The van der Waals surface area contributed by atoms with Crippen LogP contribution in [0.25, 0.3) is 0 Å². The summed E-state index contributed by atoms with van der Waals surface area (Å²) >= 11 is 1.33. The van der Waals surface area contributed by atoms with E-state index in [1.165, 1.54) is 24.4 Å². The lowest BCUT2D eigenvalue weighted by Crippen LogP contribution is -2.44. The zero-order valence-electron chi connectivity index (χ0n) is 15.2. The number of likely N-dealkylation sites (tertiary alicyclic amines) is 2. The number of amides is 2. The van der Waals surface area contributed by atoms with Crippen LogP contribution in [0.4, 0.5) is 5.00 Å². The molecule has 0 spiro atoms. The number of rotatable bonds is 3. The minimum Gasteiger partial charge on any atom is -0.378 e. The second kappa shape index (κ2) is 8.17. The van der Waals surface area contributed by atoms with Crippen molar-refractivity contribution in [1.82, 2.24) is 14.2 Å². The summed E-state index contributed by atoms with van der Waals surface area (Å²) in [6, 6.07) is 0. The summed E-state index contributed by atoms with van der Waals surface area (Å²) < 4.78 is 4.29. The van der Waals surface area contributed by atoms with E-state index in [9.17, 15) is 9.59 Å². The molecule has 6 nitrogen and oxygen atoms in total. The molecule has 1 aromatic rings. The highest BCUT2D eigenvalue weighted by atomic mass is 32.1. The van der Waals surface area contributed by atoms with Gasteiger partial charge >= 0.3 is 0 Å². The van der Waals surface area contributed by atoms with E-state index in [0.717, 1.165) is 49.5 Å². The largest absolute Gasteiger partial charge is 0.378 e. The lowest BCUT2D eigenvalue weighted by atomic mass is 9.94. The lowest BCUT2D eigenvalue weighted by Gasteiger charge is -2.34. The molecule has 25 heavy (non-hydrogen) atoms. The first kappa shape index (κ1) is 18.2. The lowest BCUT2D eigenvalue weighted by molar-refractivity contribution is -0.136. The van der Waals surface area contributed by atoms with Crippen LogP contribution in [0.2, 0.25) is 0 Å². The Morgan fingerprint density at radius 2 is 1.68 bits per heavy atom.